The first kappa shape index (κ1) is 15.4. The van der Waals surface area contributed by atoms with Gasteiger partial charge in [0, 0.05) is 0 Å². The van der Waals surface area contributed by atoms with Crippen molar-refractivity contribution < 1.29 is 14.3 Å². The Bertz CT molecular complexity index is 537. The van der Waals surface area contributed by atoms with Gasteiger partial charge in [0.2, 0.25) is 0 Å². The van der Waals surface area contributed by atoms with Crippen molar-refractivity contribution in [3.8, 4) is 5.75 Å². The number of fused-ring (bicyclic) bond motifs is 2. The Balaban J connectivity index is 1.58. The molecule has 2 bridgehead atoms. The van der Waals surface area contributed by atoms with Gasteiger partial charge >= 0.3 is 5.97 Å². The Labute approximate surface area is 133 Å². The van der Waals surface area contributed by atoms with Gasteiger partial charge in [-0.05, 0) is 48.3 Å². The lowest BCUT2D eigenvalue weighted by atomic mass is 9.70. The maximum absolute atomic E-state index is 12.6. The fraction of sp³-hybridized carbons (Fsp3) is 0.632. The van der Waals surface area contributed by atoms with E-state index in [1.165, 1.54) is 6.42 Å². The van der Waals surface area contributed by atoms with Crippen LogP contribution in [0, 0.1) is 23.7 Å². The van der Waals surface area contributed by atoms with Crippen LogP contribution in [0.1, 0.15) is 51.7 Å². The Morgan fingerprint density at radius 3 is 2.91 bits per heavy atom. The summed E-state index contributed by atoms with van der Waals surface area (Å²) in [5.41, 5.74) is 1.10. The van der Waals surface area contributed by atoms with E-state index in [9.17, 15) is 4.79 Å². The molecule has 1 heterocycles. The van der Waals surface area contributed by atoms with Gasteiger partial charge in [-0.3, -0.25) is 4.79 Å². The third-order valence-electron chi connectivity index (χ3n) is 5.21. The molecule has 1 aromatic carbocycles. The zero-order valence-corrected chi connectivity index (χ0v) is 13.7. The van der Waals surface area contributed by atoms with E-state index >= 15 is 0 Å². The van der Waals surface area contributed by atoms with Crippen LogP contribution in [0.15, 0.2) is 24.3 Å². The largest absolute Gasteiger partial charge is 0.482 e. The van der Waals surface area contributed by atoms with Gasteiger partial charge in [0.1, 0.15) is 12.4 Å². The maximum Gasteiger partial charge on any atom is 0.309 e. The first-order valence-electron chi connectivity index (χ1n) is 8.48. The lowest BCUT2D eigenvalue weighted by Crippen LogP contribution is -2.35. The Kier molecular flexibility index (Phi) is 4.42. The lowest BCUT2D eigenvalue weighted by Gasteiger charge is -2.35. The first-order chi connectivity index (χ1) is 10.5. The minimum absolute atomic E-state index is 0.0335. The minimum Gasteiger partial charge on any atom is -0.482 e. The van der Waals surface area contributed by atoms with Crippen molar-refractivity contribution in [3.05, 3.63) is 29.8 Å². The van der Waals surface area contributed by atoms with Crippen LogP contribution >= 0.6 is 0 Å². The van der Waals surface area contributed by atoms with Crippen LogP contribution in [0.3, 0.4) is 0 Å². The second-order valence-electron chi connectivity index (χ2n) is 7.24. The molecule has 1 aromatic rings. The van der Waals surface area contributed by atoms with E-state index < -0.39 is 0 Å². The SMILES string of the molecule is CC1CCC(C(C)C)[C@@H](C(=O)OCC2Oc3cccc2c3)C1. The van der Waals surface area contributed by atoms with Crippen molar-refractivity contribution >= 4 is 5.97 Å². The van der Waals surface area contributed by atoms with Gasteiger partial charge in [-0.1, -0.05) is 39.3 Å². The van der Waals surface area contributed by atoms with Crippen molar-refractivity contribution in [2.75, 3.05) is 6.61 Å². The average molecular weight is 302 g/mol. The molecule has 3 unspecified atom stereocenters. The van der Waals surface area contributed by atoms with E-state index in [4.69, 9.17) is 9.47 Å². The number of carbonyl (C=O) groups excluding carboxylic acids is 1. The van der Waals surface area contributed by atoms with Gasteiger partial charge < -0.3 is 9.47 Å². The molecule has 1 saturated carbocycles. The van der Waals surface area contributed by atoms with Crippen molar-refractivity contribution in [2.24, 2.45) is 23.7 Å². The second-order valence-corrected chi connectivity index (χ2v) is 7.24. The Morgan fingerprint density at radius 2 is 2.18 bits per heavy atom. The summed E-state index contributed by atoms with van der Waals surface area (Å²) >= 11 is 0. The molecule has 0 saturated heterocycles. The summed E-state index contributed by atoms with van der Waals surface area (Å²) in [6.45, 7) is 6.99. The van der Waals surface area contributed by atoms with E-state index in [-0.39, 0.29) is 18.0 Å². The summed E-state index contributed by atoms with van der Waals surface area (Å²) in [6.07, 6.45) is 3.19. The Morgan fingerprint density at radius 1 is 1.36 bits per heavy atom. The molecule has 0 spiro atoms. The van der Waals surface area contributed by atoms with Crippen molar-refractivity contribution in [1.29, 1.82) is 0 Å². The van der Waals surface area contributed by atoms with Gasteiger partial charge in [0.05, 0.1) is 5.92 Å². The molecule has 0 N–H and O–H groups in total. The third-order valence-corrected chi connectivity index (χ3v) is 5.21. The molecule has 22 heavy (non-hydrogen) atoms. The molecule has 3 rings (SSSR count). The van der Waals surface area contributed by atoms with Crippen LogP contribution in [0.2, 0.25) is 0 Å². The number of hydrogen-bond acceptors (Lipinski definition) is 3. The van der Waals surface area contributed by atoms with Gasteiger partial charge in [0.15, 0.2) is 6.10 Å². The number of ether oxygens (including phenoxy) is 2. The summed E-state index contributed by atoms with van der Waals surface area (Å²) in [5.74, 6) is 2.48. The molecule has 120 valence electrons. The molecule has 4 atom stereocenters. The zero-order valence-electron chi connectivity index (χ0n) is 13.7. The summed E-state index contributed by atoms with van der Waals surface area (Å²) in [6, 6.07) is 7.94. The molecule has 2 aliphatic rings. The molecular weight excluding hydrogens is 276 g/mol. The predicted octanol–water partition coefficient (Wildman–Crippen LogP) is 4.37. The van der Waals surface area contributed by atoms with E-state index in [0.717, 1.165) is 24.2 Å². The highest BCUT2D eigenvalue weighted by molar-refractivity contribution is 5.73. The van der Waals surface area contributed by atoms with E-state index in [2.05, 4.69) is 20.8 Å². The second kappa shape index (κ2) is 6.31. The van der Waals surface area contributed by atoms with Crippen LogP contribution in [-0.4, -0.2) is 12.6 Å². The molecule has 3 nitrogen and oxygen atoms in total. The molecule has 0 radical (unpaired) electrons. The molecule has 3 heteroatoms. The molecule has 1 aliphatic heterocycles. The fourth-order valence-electron chi connectivity index (χ4n) is 3.89. The quantitative estimate of drug-likeness (QED) is 0.775. The summed E-state index contributed by atoms with van der Waals surface area (Å²) in [4.78, 5) is 12.6. The van der Waals surface area contributed by atoms with Crippen LogP contribution in [0.5, 0.6) is 5.75 Å². The van der Waals surface area contributed by atoms with E-state index in [0.29, 0.717) is 24.4 Å². The average Bonchev–Trinajstić information content (AvgIpc) is 2.78. The maximum atomic E-state index is 12.6. The third kappa shape index (κ3) is 3.13. The van der Waals surface area contributed by atoms with Gasteiger partial charge in [-0.25, -0.2) is 0 Å². The van der Waals surface area contributed by atoms with Gasteiger partial charge in [-0.15, -0.1) is 0 Å². The number of rotatable bonds is 4. The topological polar surface area (TPSA) is 35.5 Å². The molecule has 1 aliphatic carbocycles. The Hall–Kier alpha value is -1.51. The number of hydrogen-bond donors (Lipinski definition) is 0. The number of esters is 1. The molecule has 0 amide bonds. The highest BCUT2D eigenvalue weighted by Crippen LogP contribution is 2.39. The van der Waals surface area contributed by atoms with Gasteiger partial charge in [-0.2, -0.15) is 0 Å². The molecule has 0 aromatic heterocycles. The zero-order chi connectivity index (χ0) is 15.7. The van der Waals surface area contributed by atoms with Crippen LogP contribution in [0.4, 0.5) is 0 Å². The highest BCUT2D eigenvalue weighted by atomic mass is 16.6. The molecular formula is C19H26O3. The molecule has 1 fully saturated rings. The fourth-order valence-corrected chi connectivity index (χ4v) is 3.89. The smallest absolute Gasteiger partial charge is 0.309 e. The number of benzene rings is 1. The van der Waals surface area contributed by atoms with Crippen LogP contribution < -0.4 is 4.74 Å². The van der Waals surface area contributed by atoms with Crippen molar-refractivity contribution in [3.63, 3.8) is 0 Å². The summed E-state index contributed by atoms with van der Waals surface area (Å²) in [7, 11) is 0. The van der Waals surface area contributed by atoms with Crippen molar-refractivity contribution in [1.82, 2.24) is 0 Å². The summed E-state index contributed by atoms with van der Waals surface area (Å²) in [5, 5.41) is 0. The normalized spacial score (nSPS) is 30.2. The lowest BCUT2D eigenvalue weighted by molar-refractivity contribution is -0.155. The van der Waals surface area contributed by atoms with E-state index in [1.54, 1.807) is 0 Å². The predicted molar refractivity (Wildman–Crippen MR) is 85.6 cm³/mol. The van der Waals surface area contributed by atoms with Crippen molar-refractivity contribution in [2.45, 2.75) is 46.1 Å². The number of carbonyl (C=O) groups is 1. The summed E-state index contributed by atoms with van der Waals surface area (Å²) < 4.78 is 11.4. The standard InChI is InChI=1S/C19H26O3/c1-12(2)16-8-7-13(3)9-17(16)19(20)21-11-18-14-5-4-6-15(10-14)22-18/h4-6,10,12-13,16-18H,7-9,11H2,1-3H3/t13?,16?,17-,18?/m0/s1. The first-order valence-corrected chi connectivity index (χ1v) is 8.48. The van der Waals surface area contributed by atoms with Gasteiger partial charge in [0.25, 0.3) is 0 Å². The highest BCUT2D eigenvalue weighted by Gasteiger charge is 2.37. The monoisotopic (exact) mass is 302 g/mol. The van der Waals surface area contributed by atoms with Crippen LogP contribution in [-0.2, 0) is 9.53 Å². The van der Waals surface area contributed by atoms with Crippen LogP contribution in [0.25, 0.3) is 0 Å². The minimum atomic E-state index is -0.132. The van der Waals surface area contributed by atoms with E-state index in [1.807, 2.05) is 24.3 Å².